The van der Waals surface area contributed by atoms with Crippen LogP contribution in [0.1, 0.15) is 5.56 Å². The molecule has 0 aromatic heterocycles. The SMILES string of the molecule is O=C(Cc1ccccc1F)NCC(O)COc1ccc2c(c1)OCO2. The van der Waals surface area contributed by atoms with Gasteiger partial charge in [-0.25, -0.2) is 4.39 Å². The predicted octanol–water partition coefficient (Wildman–Crippen LogP) is 1.65. The zero-order valence-corrected chi connectivity index (χ0v) is 13.4. The quantitative estimate of drug-likeness (QED) is 0.796. The maximum absolute atomic E-state index is 13.5. The predicted molar refractivity (Wildman–Crippen MR) is 87.2 cm³/mol. The number of ether oxygens (including phenoxy) is 3. The molecular weight excluding hydrogens is 329 g/mol. The van der Waals surface area contributed by atoms with E-state index in [2.05, 4.69) is 5.32 Å². The van der Waals surface area contributed by atoms with Crippen LogP contribution in [0.2, 0.25) is 0 Å². The first-order chi connectivity index (χ1) is 12.1. The highest BCUT2D eigenvalue weighted by molar-refractivity contribution is 5.78. The van der Waals surface area contributed by atoms with Crippen molar-refractivity contribution >= 4 is 5.91 Å². The number of rotatable bonds is 7. The van der Waals surface area contributed by atoms with Gasteiger partial charge in [0, 0.05) is 12.6 Å². The first kappa shape index (κ1) is 17.0. The van der Waals surface area contributed by atoms with E-state index in [0.29, 0.717) is 22.8 Å². The third-order valence-corrected chi connectivity index (χ3v) is 3.63. The van der Waals surface area contributed by atoms with E-state index >= 15 is 0 Å². The van der Waals surface area contributed by atoms with Crippen LogP contribution < -0.4 is 19.5 Å². The number of amides is 1. The van der Waals surface area contributed by atoms with Crippen LogP contribution in [0.4, 0.5) is 4.39 Å². The number of hydrogen-bond donors (Lipinski definition) is 2. The number of carbonyl (C=O) groups excluding carboxylic acids is 1. The molecule has 1 unspecified atom stereocenters. The fourth-order valence-corrected chi connectivity index (χ4v) is 2.33. The highest BCUT2D eigenvalue weighted by Gasteiger charge is 2.15. The van der Waals surface area contributed by atoms with E-state index in [4.69, 9.17) is 14.2 Å². The molecule has 132 valence electrons. The van der Waals surface area contributed by atoms with E-state index < -0.39 is 11.9 Å². The topological polar surface area (TPSA) is 77.0 Å². The van der Waals surface area contributed by atoms with Gasteiger partial charge in [-0.2, -0.15) is 0 Å². The lowest BCUT2D eigenvalue weighted by atomic mass is 10.1. The molecule has 0 bridgehead atoms. The van der Waals surface area contributed by atoms with Crippen LogP contribution in [0.3, 0.4) is 0 Å². The van der Waals surface area contributed by atoms with Gasteiger partial charge in [0.05, 0.1) is 6.42 Å². The molecule has 0 spiro atoms. The number of carbonyl (C=O) groups is 1. The van der Waals surface area contributed by atoms with Crippen LogP contribution >= 0.6 is 0 Å². The second-order valence-corrected chi connectivity index (χ2v) is 5.55. The van der Waals surface area contributed by atoms with E-state index in [1.807, 2.05) is 0 Å². The Balaban J connectivity index is 1.41. The highest BCUT2D eigenvalue weighted by atomic mass is 19.1. The Morgan fingerprint density at radius 2 is 2.04 bits per heavy atom. The lowest BCUT2D eigenvalue weighted by Gasteiger charge is -2.13. The summed E-state index contributed by atoms with van der Waals surface area (Å²) in [7, 11) is 0. The molecule has 2 aromatic rings. The molecule has 3 rings (SSSR count). The average molecular weight is 347 g/mol. The third-order valence-electron chi connectivity index (χ3n) is 3.63. The van der Waals surface area contributed by atoms with Crippen molar-refractivity contribution in [1.82, 2.24) is 5.32 Å². The summed E-state index contributed by atoms with van der Waals surface area (Å²) in [4.78, 5) is 11.8. The van der Waals surface area contributed by atoms with Crippen molar-refractivity contribution in [2.45, 2.75) is 12.5 Å². The Morgan fingerprint density at radius 3 is 2.88 bits per heavy atom. The van der Waals surface area contributed by atoms with Crippen molar-refractivity contribution in [3.63, 3.8) is 0 Å². The summed E-state index contributed by atoms with van der Waals surface area (Å²) in [6, 6.07) is 11.2. The van der Waals surface area contributed by atoms with Gasteiger partial charge in [0.25, 0.3) is 0 Å². The summed E-state index contributed by atoms with van der Waals surface area (Å²) in [5.41, 5.74) is 0.311. The molecule has 1 aliphatic heterocycles. The first-order valence-electron chi connectivity index (χ1n) is 7.82. The first-order valence-corrected chi connectivity index (χ1v) is 7.82. The maximum Gasteiger partial charge on any atom is 0.231 e. The Labute approximate surface area is 144 Å². The van der Waals surface area contributed by atoms with Gasteiger partial charge in [-0.15, -0.1) is 0 Å². The second kappa shape index (κ2) is 7.85. The lowest BCUT2D eigenvalue weighted by molar-refractivity contribution is -0.121. The molecule has 0 fully saturated rings. The van der Waals surface area contributed by atoms with E-state index in [0.717, 1.165) is 0 Å². The van der Waals surface area contributed by atoms with E-state index in [1.54, 1.807) is 36.4 Å². The summed E-state index contributed by atoms with van der Waals surface area (Å²) in [6.45, 7) is 0.187. The zero-order chi connectivity index (χ0) is 17.6. The van der Waals surface area contributed by atoms with Gasteiger partial charge in [-0.3, -0.25) is 4.79 Å². The monoisotopic (exact) mass is 347 g/mol. The summed E-state index contributed by atoms with van der Waals surface area (Å²) < 4.78 is 29.4. The largest absolute Gasteiger partial charge is 0.491 e. The number of nitrogens with one attached hydrogen (secondary N) is 1. The molecule has 0 radical (unpaired) electrons. The Kier molecular flexibility index (Phi) is 5.35. The summed E-state index contributed by atoms with van der Waals surface area (Å²) >= 11 is 0. The smallest absolute Gasteiger partial charge is 0.231 e. The lowest BCUT2D eigenvalue weighted by Crippen LogP contribution is -2.36. The highest BCUT2D eigenvalue weighted by Crippen LogP contribution is 2.35. The van der Waals surface area contributed by atoms with Crippen molar-refractivity contribution in [2.75, 3.05) is 19.9 Å². The molecule has 0 saturated heterocycles. The molecule has 2 N–H and O–H groups in total. The van der Waals surface area contributed by atoms with Crippen molar-refractivity contribution in [1.29, 1.82) is 0 Å². The van der Waals surface area contributed by atoms with Crippen LogP contribution in [-0.2, 0) is 11.2 Å². The molecule has 0 saturated carbocycles. The van der Waals surface area contributed by atoms with Gasteiger partial charge in [-0.1, -0.05) is 18.2 Å². The Morgan fingerprint density at radius 1 is 1.24 bits per heavy atom. The molecule has 2 aromatic carbocycles. The van der Waals surface area contributed by atoms with Gasteiger partial charge in [0.1, 0.15) is 24.3 Å². The number of aliphatic hydroxyl groups excluding tert-OH is 1. The third kappa shape index (κ3) is 4.60. The van der Waals surface area contributed by atoms with Crippen LogP contribution in [0, 0.1) is 5.82 Å². The second-order valence-electron chi connectivity index (χ2n) is 5.55. The van der Waals surface area contributed by atoms with Crippen molar-refractivity contribution in [2.24, 2.45) is 0 Å². The molecular formula is C18H18FNO5. The van der Waals surface area contributed by atoms with Crippen molar-refractivity contribution < 1.29 is 28.5 Å². The maximum atomic E-state index is 13.5. The van der Waals surface area contributed by atoms with Gasteiger partial charge in [0.15, 0.2) is 11.5 Å². The van der Waals surface area contributed by atoms with Crippen molar-refractivity contribution in [3.05, 3.63) is 53.8 Å². The van der Waals surface area contributed by atoms with Crippen LogP contribution in [0.15, 0.2) is 42.5 Å². The van der Waals surface area contributed by atoms with Gasteiger partial charge < -0.3 is 24.6 Å². The average Bonchev–Trinajstić information content (AvgIpc) is 3.08. The Bertz CT molecular complexity index is 752. The summed E-state index contributed by atoms with van der Waals surface area (Å²) in [6.07, 6.45) is -0.974. The fourth-order valence-electron chi connectivity index (χ4n) is 2.33. The molecule has 1 heterocycles. The molecule has 1 aliphatic rings. The number of benzene rings is 2. The molecule has 6 nitrogen and oxygen atoms in total. The van der Waals surface area contributed by atoms with Crippen LogP contribution in [0.25, 0.3) is 0 Å². The van der Waals surface area contributed by atoms with Gasteiger partial charge in [-0.05, 0) is 23.8 Å². The van der Waals surface area contributed by atoms with E-state index in [1.165, 1.54) is 6.07 Å². The minimum absolute atomic E-state index is 0.000375. The number of aliphatic hydroxyl groups is 1. The van der Waals surface area contributed by atoms with E-state index in [9.17, 15) is 14.3 Å². The minimum atomic E-state index is -0.894. The fraction of sp³-hybridized carbons (Fsp3) is 0.278. The zero-order valence-electron chi connectivity index (χ0n) is 13.4. The standard InChI is InChI=1S/C18H18FNO5/c19-15-4-2-1-3-12(15)7-18(22)20-9-13(21)10-23-14-5-6-16-17(8-14)25-11-24-16/h1-6,8,13,21H,7,9-11H2,(H,20,22). The number of halogens is 1. The molecule has 7 heteroatoms. The molecule has 25 heavy (non-hydrogen) atoms. The van der Waals surface area contributed by atoms with E-state index in [-0.39, 0.29) is 32.3 Å². The molecule has 1 atom stereocenters. The molecule has 0 aliphatic carbocycles. The summed E-state index contributed by atoms with van der Waals surface area (Å²) in [5.74, 6) is 0.969. The number of fused-ring (bicyclic) bond motifs is 1. The number of hydrogen-bond acceptors (Lipinski definition) is 5. The minimum Gasteiger partial charge on any atom is -0.491 e. The summed E-state index contributed by atoms with van der Waals surface area (Å²) in [5, 5.41) is 12.5. The van der Waals surface area contributed by atoms with Crippen LogP contribution in [-0.4, -0.2) is 37.1 Å². The van der Waals surface area contributed by atoms with Gasteiger partial charge >= 0.3 is 0 Å². The molecule has 1 amide bonds. The van der Waals surface area contributed by atoms with Crippen LogP contribution in [0.5, 0.6) is 17.2 Å². The van der Waals surface area contributed by atoms with Gasteiger partial charge in [0.2, 0.25) is 12.7 Å². The normalized spacial score (nSPS) is 13.4. The Hall–Kier alpha value is -2.80. The van der Waals surface area contributed by atoms with Crippen molar-refractivity contribution in [3.8, 4) is 17.2 Å².